The zero-order valence-corrected chi connectivity index (χ0v) is 32.5. The first-order valence-electron chi connectivity index (χ1n) is 19.9. The first-order valence-corrected chi connectivity index (χ1v) is 19.9. The zero-order chi connectivity index (χ0) is 39.2. The van der Waals surface area contributed by atoms with Crippen molar-refractivity contribution < 1.29 is 0 Å². The lowest BCUT2D eigenvalue weighted by atomic mass is 9.98. The largest absolute Gasteiger partial charge is 0.334 e. The van der Waals surface area contributed by atoms with Crippen molar-refractivity contribution in [1.82, 2.24) is 0 Å². The summed E-state index contributed by atoms with van der Waals surface area (Å²) >= 11 is 0. The molecule has 0 saturated carbocycles. The molecule has 0 N–H and O–H groups in total. The van der Waals surface area contributed by atoms with Crippen LogP contribution in [0.25, 0.3) is 29.4 Å². The number of para-hydroxylation sites is 2. The highest BCUT2D eigenvalue weighted by molar-refractivity contribution is 5.79. The van der Waals surface area contributed by atoms with Crippen molar-refractivity contribution in [1.29, 1.82) is 0 Å². The maximum absolute atomic E-state index is 2.45. The van der Waals surface area contributed by atoms with E-state index >= 15 is 0 Å². The molecule has 7 aromatic rings. The van der Waals surface area contributed by atoms with Crippen LogP contribution in [0.1, 0.15) is 23.1 Å². The molecule has 0 aromatic heterocycles. The second-order valence-electron chi connectivity index (χ2n) is 14.2. The predicted octanol–water partition coefficient (Wildman–Crippen LogP) is 15.2. The summed E-state index contributed by atoms with van der Waals surface area (Å²) in [6.45, 7) is 0. The van der Waals surface area contributed by atoms with Gasteiger partial charge in [-0.3, -0.25) is 0 Å². The molecule has 58 heavy (non-hydrogen) atoms. The number of benzene rings is 7. The molecule has 7 aromatic carbocycles. The Labute approximate surface area is 343 Å². The lowest BCUT2D eigenvalue weighted by Crippen LogP contribution is -2.30. The summed E-state index contributed by atoms with van der Waals surface area (Å²) in [5.74, 6) is 0. The molecule has 1 aliphatic rings. The van der Waals surface area contributed by atoms with Gasteiger partial charge in [0.1, 0.15) is 0 Å². The number of rotatable bonds is 13. The van der Waals surface area contributed by atoms with Crippen molar-refractivity contribution in [2.24, 2.45) is 0 Å². The van der Waals surface area contributed by atoms with Gasteiger partial charge >= 0.3 is 0 Å². The van der Waals surface area contributed by atoms with E-state index in [0.29, 0.717) is 0 Å². The Morgan fingerprint density at radius 2 is 0.741 bits per heavy atom. The van der Waals surface area contributed by atoms with Gasteiger partial charge in [0, 0.05) is 28.4 Å². The number of nitrogens with zero attached hydrogens (tertiary/aromatic N) is 2. The van der Waals surface area contributed by atoms with Crippen LogP contribution in [0.15, 0.2) is 248 Å². The molecule has 1 aliphatic carbocycles. The Kier molecular flexibility index (Phi) is 12.3. The normalized spacial score (nSPS) is 14.1. The summed E-state index contributed by atoms with van der Waals surface area (Å²) in [7, 11) is 0. The first kappa shape index (κ1) is 37.5. The van der Waals surface area contributed by atoms with E-state index in [9.17, 15) is 0 Å². The third kappa shape index (κ3) is 9.68. The second kappa shape index (κ2) is 18.9. The van der Waals surface area contributed by atoms with Crippen molar-refractivity contribution in [2.45, 2.75) is 12.5 Å². The topological polar surface area (TPSA) is 6.48 Å². The molecule has 0 spiro atoms. The van der Waals surface area contributed by atoms with E-state index in [4.69, 9.17) is 0 Å². The molecule has 2 heteroatoms. The summed E-state index contributed by atoms with van der Waals surface area (Å²) in [4.78, 5) is 4.76. The van der Waals surface area contributed by atoms with Crippen molar-refractivity contribution in [3.05, 3.63) is 265 Å². The molecule has 280 valence electrons. The van der Waals surface area contributed by atoms with E-state index < -0.39 is 0 Å². The highest BCUT2D eigenvalue weighted by atomic mass is 15.2. The van der Waals surface area contributed by atoms with Crippen LogP contribution in [0.3, 0.4) is 0 Å². The Morgan fingerprint density at radius 1 is 0.362 bits per heavy atom. The molecule has 0 aliphatic heterocycles. The zero-order valence-electron chi connectivity index (χ0n) is 32.5. The van der Waals surface area contributed by atoms with Gasteiger partial charge in [-0.05, 0) is 100 Å². The van der Waals surface area contributed by atoms with Gasteiger partial charge in [0.2, 0.25) is 0 Å². The smallest absolute Gasteiger partial charge is 0.0565 e. The first-order chi connectivity index (χ1) is 28.8. The summed E-state index contributed by atoms with van der Waals surface area (Å²) in [6.07, 6.45) is 24.8. The van der Waals surface area contributed by atoms with E-state index in [1.807, 2.05) is 12.1 Å². The van der Waals surface area contributed by atoms with E-state index in [2.05, 4.69) is 259 Å². The number of anilines is 5. The van der Waals surface area contributed by atoms with E-state index in [-0.39, 0.29) is 6.04 Å². The van der Waals surface area contributed by atoms with Crippen LogP contribution in [0.5, 0.6) is 0 Å². The monoisotopic (exact) mass is 746 g/mol. The number of hydrogen-bond acceptors (Lipinski definition) is 2. The predicted molar refractivity (Wildman–Crippen MR) is 250 cm³/mol. The molecular weight excluding hydrogens is 701 g/mol. The van der Waals surface area contributed by atoms with Crippen LogP contribution in [0.4, 0.5) is 28.4 Å². The molecule has 8 rings (SSSR count). The Bertz CT molecular complexity index is 2530. The minimum absolute atomic E-state index is 0.181. The Balaban J connectivity index is 1.00. The average molecular weight is 747 g/mol. The second-order valence-corrected chi connectivity index (χ2v) is 14.2. The van der Waals surface area contributed by atoms with Gasteiger partial charge in [-0.1, -0.05) is 200 Å². The van der Waals surface area contributed by atoms with Crippen molar-refractivity contribution in [2.75, 3.05) is 9.80 Å². The standard InChI is InChI=1S/C56H46N2/c1-5-18-45(19-6-1)22-13-14-24-47-32-38-53(39-33-47)57(51-27-9-3-10-28-51)54-40-34-49(35-41-54)50-36-42-55(43-37-50)58(52-29-11-4-12-30-52)56-31-17-26-48(44-56)25-16-15-23-46-20-7-2-8-21-46/h1-30,32-44,56H,31H2. The van der Waals surface area contributed by atoms with E-state index in [0.717, 1.165) is 34.7 Å². The fourth-order valence-corrected chi connectivity index (χ4v) is 7.27. The maximum atomic E-state index is 2.45. The van der Waals surface area contributed by atoms with Gasteiger partial charge in [0.05, 0.1) is 6.04 Å². The molecule has 1 atom stereocenters. The molecule has 2 nitrogen and oxygen atoms in total. The van der Waals surface area contributed by atoms with Crippen LogP contribution in [-0.4, -0.2) is 6.04 Å². The third-order valence-corrected chi connectivity index (χ3v) is 10.2. The van der Waals surface area contributed by atoms with Gasteiger partial charge in [-0.25, -0.2) is 0 Å². The van der Waals surface area contributed by atoms with Crippen LogP contribution in [0, 0.1) is 0 Å². The quantitative estimate of drug-likeness (QED) is 0.108. The summed E-state index contributed by atoms with van der Waals surface area (Å²) in [5.41, 5.74) is 12.8. The highest BCUT2D eigenvalue weighted by Crippen LogP contribution is 2.37. The molecule has 1 unspecified atom stereocenters. The number of allylic oxidation sites excluding steroid dienone is 7. The fourth-order valence-electron chi connectivity index (χ4n) is 7.27. The Morgan fingerprint density at radius 3 is 1.26 bits per heavy atom. The van der Waals surface area contributed by atoms with Crippen LogP contribution in [-0.2, 0) is 0 Å². The molecule has 0 heterocycles. The SMILES string of the molecule is C(C=Cc1ccccc1)=CC1=CC(N(c2ccccc2)c2ccc(-c3ccc(N(c4ccccc4)c4ccc(C=CC=Cc5ccccc5)cc4)cc3)cc2)CC=C1. The van der Waals surface area contributed by atoms with Gasteiger partial charge in [0.25, 0.3) is 0 Å². The molecular formula is C56H46N2. The third-order valence-electron chi connectivity index (χ3n) is 10.2. The maximum Gasteiger partial charge on any atom is 0.0565 e. The minimum Gasteiger partial charge on any atom is -0.334 e. The van der Waals surface area contributed by atoms with Crippen LogP contribution >= 0.6 is 0 Å². The van der Waals surface area contributed by atoms with Crippen molar-refractivity contribution >= 4 is 46.7 Å². The molecule has 0 bridgehead atoms. The minimum atomic E-state index is 0.181. The summed E-state index contributed by atoms with van der Waals surface area (Å²) in [6, 6.07) is 68.8. The van der Waals surface area contributed by atoms with E-state index in [1.54, 1.807) is 0 Å². The Hall–Kier alpha value is -7.42. The fraction of sp³-hybridized carbons (Fsp3) is 0.0357. The highest BCUT2D eigenvalue weighted by Gasteiger charge is 2.20. The molecule has 0 saturated heterocycles. The van der Waals surface area contributed by atoms with Crippen LogP contribution < -0.4 is 9.80 Å². The van der Waals surface area contributed by atoms with Crippen LogP contribution in [0.2, 0.25) is 0 Å². The average Bonchev–Trinajstić information content (AvgIpc) is 3.29. The summed E-state index contributed by atoms with van der Waals surface area (Å²) < 4.78 is 0. The van der Waals surface area contributed by atoms with Gasteiger partial charge in [-0.15, -0.1) is 0 Å². The lowest BCUT2D eigenvalue weighted by molar-refractivity contribution is 0.781. The molecule has 0 fully saturated rings. The van der Waals surface area contributed by atoms with Gasteiger partial charge < -0.3 is 9.80 Å². The molecule has 0 amide bonds. The van der Waals surface area contributed by atoms with Crippen molar-refractivity contribution in [3.8, 4) is 11.1 Å². The van der Waals surface area contributed by atoms with E-state index in [1.165, 1.54) is 33.5 Å². The molecule has 0 radical (unpaired) electrons. The van der Waals surface area contributed by atoms with Gasteiger partial charge in [-0.2, -0.15) is 0 Å². The van der Waals surface area contributed by atoms with Gasteiger partial charge in [0.15, 0.2) is 0 Å². The lowest BCUT2D eigenvalue weighted by Gasteiger charge is -2.33. The summed E-state index contributed by atoms with van der Waals surface area (Å²) in [5, 5.41) is 0. The van der Waals surface area contributed by atoms with Crippen molar-refractivity contribution in [3.63, 3.8) is 0 Å². The number of hydrogen-bond donors (Lipinski definition) is 0.